The van der Waals surface area contributed by atoms with E-state index < -0.39 is 17.7 Å². The van der Waals surface area contributed by atoms with E-state index in [0.717, 1.165) is 19.3 Å². The van der Waals surface area contributed by atoms with Crippen LogP contribution >= 0.6 is 0 Å². The summed E-state index contributed by atoms with van der Waals surface area (Å²) >= 11 is 0. The second-order valence-electron chi connectivity index (χ2n) is 4.99. The van der Waals surface area contributed by atoms with E-state index in [0.29, 0.717) is 0 Å². The highest BCUT2D eigenvalue weighted by Gasteiger charge is 2.57. The maximum absolute atomic E-state index is 13.3. The number of rotatable bonds is 6. The summed E-state index contributed by atoms with van der Waals surface area (Å²) in [4.78, 5) is 0. The topological polar surface area (TPSA) is 20.2 Å². The molecule has 4 heteroatoms. The monoisotopic (exact) mass is 286 g/mol. The summed E-state index contributed by atoms with van der Waals surface area (Å²) in [6.45, 7) is 3.41. The molecule has 1 rings (SSSR count). The number of hydrogen-bond acceptors (Lipinski definition) is 1. The van der Waals surface area contributed by atoms with Crippen LogP contribution < -0.4 is 0 Å². The van der Waals surface area contributed by atoms with E-state index in [1.54, 1.807) is 12.1 Å². The molecule has 2 atom stereocenters. The Morgan fingerprint density at radius 2 is 1.80 bits per heavy atom. The van der Waals surface area contributed by atoms with Crippen molar-refractivity contribution in [2.45, 2.75) is 44.9 Å². The molecule has 1 aromatic carbocycles. The van der Waals surface area contributed by atoms with Crippen LogP contribution in [-0.2, 0) is 5.60 Å². The number of aliphatic hydroxyl groups is 1. The molecule has 0 fully saturated rings. The second-order valence-corrected chi connectivity index (χ2v) is 4.99. The smallest absolute Gasteiger partial charge is 0.376 e. The van der Waals surface area contributed by atoms with Gasteiger partial charge in [-0.3, -0.25) is 0 Å². The largest absolute Gasteiger partial charge is 0.422 e. The van der Waals surface area contributed by atoms with Gasteiger partial charge in [0.25, 0.3) is 0 Å². The highest BCUT2D eigenvalue weighted by atomic mass is 19.4. The van der Waals surface area contributed by atoms with E-state index in [9.17, 15) is 18.3 Å². The Kier molecular flexibility index (Phi) is 5.81. The van der Waals surface area contributed by atoms with Crippen LogP contribution in [0.3, 0.4) is 0 Å². The van der Waals surface area contributed by atoms with Crippen LogP contribution in [-0.4, -0.2) is 11.3 Å². The van der Waals surface area contributed by atoms with Crippen molar-refractivity contribution in [2.75, 3.05) is 0 Å². The van der Waals surface area contributed by atoms with Crippen molar-refractivity contribution < 1.29 is 18.3 Å². The number of unbranched alkanes of at least 4 members (excludes halogenated alkanes) is 2. The molecule has 1 N–H and O–H groups in total. The van der Waals surface area contributed by atoms with E-state index in [4.69, 9.17) is 0 Å². The summed E-state index contributed by atoms with van der Waals surface area (Å²) in [5, 5.41) is 10.3. The highest BCUT2D eigenvalue weighted by Crippen LogP contribution is 2.44. The lowest BCUT2D eigenvalue weighted by atomic mass is 9.81. The lowest BCUT2D eigenvalue weighted by molar-refractivity contribution is -0.279. The summed E-state index contributed by atoms with van der Waals surface area (Å²) in [5.74, 6) is -1.04. The molecule has 0 aliphatic heterocycles. The first kappa shape index (κ1) is 16.8. The third-order valence-electron chi connectivity index (χ3n) is 3.45. The molecule has 1 aromatic rings. The Balaban J connectivity index is 3.04. The van der Waals surface area contributed by atoms with Crippen molar-refractivity contribution in [1.82, 2.24) is 0 Å². The zero-order valence-electron chi connectivity index (χ0n) is 11.8. The number of alkyl halides is 3. The summed E-state index contributed by atoms with van der Waals surface area (Å²) < 4.78 is 40.0. The summed E-state index contributed by atoms with van der Waals surface area (Å²) in [6.07, 6.45) is 1.09. The van der Waals surface area contributed by atoms with Crippen molar-refractivity contribution in [1.29, 1.82) is 0 Å². The van der Waals surface area contributed by atoms with Gasteiger partial charge in [0, 0.05) is 5.92 Å². The van der Waals surface area contributed by atoms with Crippen LogP contribution in [0.15, 0.2) is 42.5 Å². The van der Waals surface area contributed by atoms with Gasteiger partial charge in [-0.2, -0.15) is 13.2 Å². The molecule has 0 bridgehead atoms. The normalized spacial score (nSPS) is 17.1. The van der Waals surface area contributed by atoms with Gasteiger partial charge in [0.2, 0.25) is 0 Å². The maximum Gasteiger partial charge on any atom is 0.422 e. The fourth-order valence-electron chi connectivity index (χ4n) is 2.14. The fraction of sp³-hybridized carbons (Fsp3) is 0.500. The van der Waals surface area contributed by atoms with Gasteiger partial charge < -0.3 is 5.11 Å². The van der Waals surface area contributed by atoms with Crippen molar-refractivity contribution in [2.24, 2.45) is 5.92 Å². The summed E-state index contributed by atoms with van der Waals surface area (Å²) in [5.41, 5.74) is -2.98. The molecule has 0 unspecified atom stereocenters. The lowest BCUT2D eigenvalue weighted by Gasteiger charge is -2.35. The van der Waals surface area contributed by atoms with Crippen LogP contribution in [0, 0.1) is 5.92 Å². The molecule has 0 saturated heterocycles. The minimum atomic E-state index is -4.72. The molecule has 20 heavy (non-hydrogen) atoms. The first-order valence-electron chi connectivity index (χ1n) is 6.85. The van der Waals surface area contributed by atoms with E-state index in [1.165, 1.54) is 37.3 Å². The minimum Gasteiger partial charge on any atom is -0.376 e. The van der Waals surface area contributed by atoms with Gasteiger partial charge in [-0.1, -0.05) is 69.2 Å². The molecule has 112 valence electrons. The lowest BCUT2D eigenvalue weighted by Crippen LogP contribution is -2.47. The van der Waals surface area contributed by atoms with E-state index in [-0.39, 0.29) is 5.56 Å². The molecule has 0 aliphatic carbocycles. The van der Waals surface area contributed by atoms with Crippen molar-refractivity contribution >= 4 is 0 Å². The van der Waals surface area contributed by atoms with Gasteiger partial charge in [0.15, 0.2) is 5.60 Å². The molecular formula is C16H21F3O. The van der Waals surface area contributed by atoms with E-state index >= 15 is 0 Å². The maximum atomic E-state index is 13.3. The predicted molar refractivity (Wildman–Crippen MR) is 74.2 cm³/mol. The molecule has 0 radical (unpaired) electrons. The zero-order chi connectivity index (χ0) is 15.2. The van der Waals surface area contributed by atoms with E-state index in [2.05, 4.69) is 0 Å². The summed E-state index contributed by atoms with van der Waals surface area (Å²) in [6, 6.07) is 7.24. The standard InChI is InChI=1S/C16H21F3O/c1-3-4-5-7-10-13(2)15(20,16(17,18)19)14-11-8-6-9-12-14/h6-13,20H,3-5H2,1-2H3/b10-7+/t13-,15+/m0/s1. The Hall–Kier alpha value is -1.29. The van der Waals surface area contributed by atoms with Crippen LogP contribution in [0.1, 0.15) is 38.7 Å². The molecule has 0 amide bonds. The molecule has 0 heterocycles. The first-order valence-corrected chi connectivity index (χ1v) is 6.85. The van der Waals surface area contributed by atoms with Crippen LogP contribution in [0.4, 0.5) is 13.2 Å². The Morgan fingerprint density at radius 3 is 2.30 bits per heavy atom. The van der Waals surface area contributed by atoms with Crippen LogP contribution in [0.25, 0.3) is 0 Å². The minimum absolute atomic E-state index is 0.125. The molecule has 0 spiro atoms. The van der Waals surface area contributed by atoms with Gasteiger partial charge in [0.1, 0.15) is 0 Å². The Morgan fingerprint density at radius 1 is 1.20 bits per heavy atom. The van der Waals surface area contributed by atoms with Crippen LogP contribution in [0.2, 0.25) is 0 Å². The second kappa shape index (κ2) is 6.93. The van der Waals surface area contributed by atoms with Gasteiger partial charge in [0.05, 0.1) is 0 Å². The number of allylic oxidation sites excluding steroid dienone is 1. The van der Waals surface area contributed by atoms with Gasteiger partial charge in [-0.15, -0.1) is 0 Å². The van der Waals surface area contributed by atoms with Crippen molar-refractivity contribution in [3.05, 3.63) is 48.0 Å². The SMILES string of the molecule is CCCC/C=C/[C@H](C)[C@@](O)(c1ccccc1)C(F)(F)F. The van der Waals surface area contributed by atoms with Crippen LogP contribution in [0.5, 0.6) is 0 Å². The van der Waals surface area contributed by atoms with Gasteiger partial charge in [-0.25, -0.2) is 0 Å². The first-order chi connectivity index (χ1) is 9.34. The average Bonchev–Trinajstić information content (AvgIpc) is 2.42. The Bertz CT molecular complexity index is 425. The molecule has 1 nitrogen and oxygen atoms in total. The van der Waals surface area contributed by atoms with Gasteiger partial charge >= 0.3 is 6.18 Å². The predicted octanol–water partition coefficient (Wildman–Crippen LogP) is 4.82. The average molecular weight is 286 g/mol. The third kappa shape index (κ3) is 3.63. The van der Waals surface area contributed by atoms with Crippen molar-refractivity contribution in [3.63, 3.8) is 0 Å². The highest BCUT2D eigenvalue weighted by molar-refractivity contribution is 5.26. The Labute approximate surface area is 118 Å². The summed E-state index contributed by atoms with van der Waals surface area (Å²) in [7, 11) is 0. The molecule has 0 aliphatic rings. The molecule has 0 aromatic heterocycles. The number of hydrogen-bond donors (Lipinski definition) is 1. The van der Waals surface area contributed by atoms with E-state index in [1.807, 2.05) is 6.92 Å². The van der Waals surface area contributed by atoms with Gasteiger partial charge in [-0.05, 0) is 12.0 Å². The number of benzene rings is 1. The quantitative estimate of drug-likeness (QED) is 0.587. The molecule has 0 saturated carbocycles. The zero-order valence-corrected chi connectivity index (χ0v) is 11.8. The fourth-order valence-corrected chi connectivity index (χ4v) is 2.14. The number of halogens is 3. The third-order valence-corrected chi connectivity index (χ3v) is 3.45. The van der Waals surface area contributed by atoms with Crippen molar-refractivity contribution in [3.8, 4) is 0 Å². The molecular weight excluding hydrogens is 265 g/mol.